The van der Waals surface area contributed by atoms with Crippen molar-refractivity contribution in [1.29, 1.82) is 0 Å². The largest absolute Gasteiger partial charge is 0.368 e. The fraction of sp³-hybridized carbons (Fsp3) is 0.556. The number of hydrogen-bond acceptors (Lipinski definition) is 8. The van der Waals surface area contributed by atoms with E-state index in [1.807, 2.05) is 4.90 Å². The molecule has 0 spiro atoms. The lowest BCUT2D eigenvalue weighted by Crippen LogP contribution is -2.49. The molecule has 12 nitrogen and oxygen atoms in total. The van der Waals surface area contributed by atoms with E-state index in [0.717, 1.165) is 17.7 Å². The summed E-state index contributed by atoms with van der Waals surface area (Å²) in [6.45, 7) is 1.16. The van der Waals surface area contributed by atoms with Gasteiger partial charge < -0.3 is 15.6 Å². The number of piperidine rings is 1. The van der Waals surface area contributed by atoms with Gasteiger partial charge in [0.25, 0.3) is 20.2 Å². The Morgan fingerprint density at radius 1 is 1.30 bits per heavy atom. The second-order valence-electron chi connectivity index (χ2n) is 8.40. The average molecular weight is 566 g/mol. The molecule has 2 aliphatic rings. The van der Waals surface area contributed by atoms with Crippen LogP contribution in [0.3, 0.4) is 0 Å². The number of nitrogens with one attached hydrogen (secondary N) is 1. The monoisotopic (exact) mass is 565 g/mol. The molecule has 0 radical (unpaired) electrons. The van der Waals surface area contributed by atoms with Gasteiger partial charge in [-0.25, -0.2) is 4.98 Å². The maximum atomic E-state index is 13.2. The Balaban J connectivity index is 1.94. The molecule has 0 aromatic carbocycles. The molecule has 182 valence electrons. The van der Waals surface area contributed by atoms with Gasteiger partial charge in [-0.2, -0.15) is 16.8 Å². The Morgan fingerprint density at radius 3 is 2.58 bits per heavy atom. The lowest BCUT2D eigenvalue weighted by Gasteiger charge is -2.35. The number of H-pyrrole nitrogens is 1. The first-order valence-electron chi connectivity index (χ1n) is 10.3. The molecule has 2 fully saturated rings. The van der Waals surface area contributed by atoms with Gasteiger partial charge >= 0.3 is 0 Å². The van der Waals surface area contributed by atoms with Crippen LogP contribution < -0.4 is 15.5 Å². The highest BCUT2D eigenvalue weighted by Crippen LogP contribution is 2.43. The summed E-state index contributed by atoms with van der Waals surface area (Å²) in [4.78, 5) is 23.2. The predicted octanol–water partition coefficient (Wildman–Crippen LogP) is 1.10. The summed E-state index contributed by atoms with van der Waals surface area (Å²) in [5.74, 6) is -2.57. The number of carbonyl (C=O) groups excluding carboxylic acids is 1. The molecule has 15 heteroatoms. The number of fused-ring (bicyclic) bond motifs is 1. The zero-order valence-electron chi connectivity index (χ0n) is 17.4. The first-order chi connectivity index (χ1) is 15.4. The molecule has 2 aromatic rings. The molecule has 3 heterocycles. The molecule has 2 aromatic heterocycles. The number of halogens is 1. The number of pyridine rings is 1. The van der Waals surface area contributed by atoms with Crippen molar-refractivity contribution in [2.24, 2.45) is 11.7 Å². The van der Waals surface area contributed by atoms with Crippen molar-refractivity contribution in [3.63, 3.8) is 0 Å². The smallest absolute Gasteiger partial charge is 0.287 e. The van der Waals surface area contributed by atoms with Crippen LogP contribution in [0.1, 0.15) is 25.7 Å². The molecule has 1 aliphatic heterocycles. The van der Waals surface area contributed by atoms with E-state index in [4.69, 9.17) is 5.73 Å². The summed E-state index contributed by atoms with van der Waals surface area (Å²) in [6, 6.07) is -0.0921. The van der Waals surface area contributed by atoms with E-state index >= 15 is 0 Å². The summed E-state index contributed by atoms with van der Waals surface area (Å²) in [5, 5.41) is -1.87. The Bertz CT molecular complexity index is 1290. The van der Waals surface area contributed by atoms with Crippen LogP contribution in [-0.4, -0.2) is 72.1 Å². The van der Waals surface area contributed by atoms with Gasteiger partial charge in [-0.1, -0.05) is 0 Å². The van der Waals surface area contributed by atoms with Gasteiger partial charge in [0, 0.05) is 37.4 Å². The van der Waals surface area contributed by atoms with E-state index in [2.05, 4.69) is 25.9 Å². The molecular weight excluding hydrogens is 542 g/mol. The zero-order valence-corrected chi connectivity index (χ0v) is 20.6. The van der Waals surface area contributed by atoms with Gasteiger partial charge in [0.1, 0.15) is 11.4 Å². The van der Waals surface area contributed by atoms with Crippen molar-refractivity contribution in [2.45, 2.75) is 37.1 Å². The molecular formula is C18H24BrN5O7S2. The minimum Gasteiger partial charge on any atom is -0.368 e. The van der Waals surface area contributed by atoms with Crippen molar-refractivity contribution in [3.8, 4) is 0 Å². The highest BCUT2D eigenvalue weighted by molar-refractivity contribution is 9.10. The number of nitrogens with zero attached hydrogens (tertiary/aromatic N) is 3. The minimum atomic E-state index is -5.11. The van der Waals surface area contributed by atoms with E-state index in [0.29, 0.717) is 47.1 Å². The summed E-state index contributed by atoms with van der Waals surface area (Å²) >= 11 is 3.48. The van der Waals surface area contributed by atoms with Crippen molar-refractivity contribution in [2.75, 3.05) is 28.6 Å². The van der Waals surface area contributed by atoms with Crippen molar-refractivity contribution in [3.05, 3.63) is 16.9 Å². The van der Waals surface area contributed by atoms with Crippen LogP contribution in [-0.2, 0) is 25.0 Å². The zero-order chi connectivity index (χ0) is 24.1. The summed E-state index contributed by atoms with van der Waals surface area (Å²) in [6.07, 6.45) is 5.56. The third kappa shape index (κ3) is 5.17. The Hall–Kier alpha value is -1.78. The first kappa shape index (κ1) is 24.3. The van der Waals surface area contributed by atoms with Crippen molar-refractivity contribution < 1.29 is 30.7 Å². The van der Waals surface area contributed by atoms with Crippen LogP contribution >= 0.6 is 15.9 Å². The van der Waals surface area contributed by atoms with Gasteiger partial charge in [-0.3, -0.25) is 18.8 Å². The first-order valence-corrected chi connectivity index (χ1v) is 14.2. The summed E-state index contributed by atoms with van der Waals surface area (Å²) in [5.41, 5.74) is 7.13. The van der Waals surface area contributed by atoms with E-state index in [1.165, 1.54) is 6.20 Å². The molecule has 4 rings (SSSR count). The van der Waals surface area contributed by atoms with Crippen molar-refractivity contribution in [1.82, 2.24) is 9.97 Å². The van der Waals surface area contributed by atoms with Gasteiger partial charge in [0.05, 0.1) is 21.2 Å². The van der Waals surface area contributed by atoms with Crippen LogP contribution in [0.4, 0.5) is 11.4 Å². The second kappa shape index (κ2) is 8.78. The standard InChI is InChI=1S/C18H24BrN5O7S2/c19-12-6-21-17-15(16(12)23-5-1-2-11(20)8-23)13(7-22-17)24(18(25)10-3-4-10)14(33(29,30)31)9-32(26,27)28/h6-7,10-11,14H,1-5,8-9,20H2,(H,21,22)(H,26,27,28)(H,29,30,31)/t11?,14-/m1/s1. The van der Waals surface area contributed by atoms with Crippen LogP contribution in [0.5, 0.6) is 0 Å². The third-order valence-electron chi connectivity index (χ3n) is 5.79. The number of aromatic amines is 1. The number of hydrogen-bond donors (Lipinski definition) is 4. The van der Waals surface area contributed by atoms with Crippen LogP contribution in [0.2, 0.25) is 0 Å². The highest BCUT2D eigenvalue weighted by atomic mass is 79.9. The van der Waals surface area contributed by atoms with Crippen LogP contribution in [0.15, 0.2) is 16.9 Å². The number of carbonyl (C=O) groups is 1. The molecule has 1 unspecified atom stereocenters. The number of amides is 1. The fourth-order valence-corrected chi connectivity index (χ4v) is 6.92. The SMILES string of the molecule is NC1CCCN(c2c(Br)cnc3[nH]cc(N(C(=O)C4CC4)[C@@H](CS(=O)(=O)O)S(=O)(=O)O)c23)C1. The Kier molecular flexibility index (Phi) is 6.48. The quantitative estimate of drug-likeness (QED) is 0.354. The molecule has 33 heavy (non-hydrogen) atoms. The molecule has 2 atom stereocenters. The highest BCUT2D eigenvalue weighted by Gasteiger charge is 2.44. The van der Waals surface area contributed by atoms with E-state index < -0.39 is 43.2 Å². The predicted molar refractivity (Wildman–Crippen MR) is 125 cm³/mol. The van der Waals surface area contributed by atoms with Crippen LogP contribution in [0.25, 0.3) is 11.0 Å². The van der Waals surface area contributed by atoms with Crippen LogP contribution in [0, 0.1) is 5.92 Å². The molecule has 1 aliphatic carbocycles. The lowest BCUT2D eigenvalue weighted by atomic mass is 10.1. The number of anilines is 2. The molecule has 0 bridgehead atoms. The third-order valence-corrected chi connectivity index (χ3v) is 8.38. The number of rotatable bonds is 7. The van der Waals surface area contributed by atoms with Gasteiger partial charge in [0.15, 0.2) is 5.37 Å². The Morgan fingerprint density at radius 2 is 2.00 bits per heavy atom. The molecule has 1 amide bonds. The number of aromatic nitrogens is 2. The second-order valence-corrected chi connectivity index (χ2v) is 12.3. The molecule has 1 saturated heterocycles. The van der Waals surface area contributed by atoms with Gasteiger partial charge in [-0.05, 0) is 41.6 Å². The summed E-state index contributed by atoms with van der Waals surface area (Å²) < 4.78 is 67.6. The van der Waals surface area contributed by atoms with E-state index in [9.17, 15) is 30.7 Å². The number of nitrogens with two attached hydrogens (primary N) is 1. The maximum absolute atomic E-state index is 13.2. The van der Waals surface area contributed by atoms with E-state index in [-0.39, 0.29) is 11.7 Å². The normalized spacial score (nSPS) is 20.7. The van der Waals surface area contributed by atoms with E-state index in [1.54, 1.807) is 6.20 Å². The maximum Gasteiger partial charge on any atom is 0.287 e. The fourth-order valence-electron chi connectivity index (χ4n) is 4.17. The van der Waals surface area contributed by atoms with Gasteiger partial charge in [0.2, 0.25) is 5.91 Å². The summed E-state index contributed by atoms with van der Waals surface area (Å²) in [7, 11) is -9.99. The molecule has 5 N–H and O–H groups in total. The van der Waals surface area contributed by atoms with Gasteiger partial charge in [-0.15, -0.1) is 0 Å². The Labute approximate surface area is 199 Å². The lowest BCUT2D eigenvalue weighted by molar-refractivity contribution is -0.119. The topological polar surface area (TPSA) is 187 Å². The minimum absolute atomic E-state index is 0.0381. The molecule has 1 saturated carbocycles. The average Bonchev–Trinajstić information content (AvgIpc) is 3.47. The van der Waals surface area contributed by atoms with Crippen molar-refractivity contribution >= 4 is 64.5 Å².